The Hall–Kier alpha value is -1.75. The number of amides is 2. The molecule has 0 aromatic heterocycles. The Morgan fingerprint density at radius 1 is 1.37 bits per heavy atom. The molecular weight excluding hydrogens is 244 g/mol. The van der Waals surface area contributed by atoms with E-state index >= 15 is 0 Å². The van der Waals surface area contributed by atoms with Crippen LogP contribution >= 0.6 is 0 Å². The van der Waals surface area contributed by atoms with E-state index in [4.69, 9.17) is 9.47 Å². The van der Waals surface area contributed by atoms with Gasteiger partial charge in [-0.25, -0.2) is 4.79 Å². The van der Waals surface area contributed by atoms with Gasteiger partial charge in [-0.3, -0.25) is 0 Å². The molecule has 1 N–H and O–H groups in total. The van der Waals surface area contributed by atoms with Gasteiger partial charge in [0.05, 0.1) is 26.3 Å². The van der Waals surface area contributed by atoms with Gasteiger partial charge in [-0.05, 0) is 13.0 Å². The summed E-state index contributed by atoms with van der Waals surface area (Å²) in [4.78, 5) is 13.6. The molecule has 0 saturated carbocycles. The number of para-hydroxylation sites is 1. The van der Waals surface area contributed by atoms with Crippen LogP contribution in [-0.4, -0.2) is 44.8 Å². The van der Waals surface area contributed by atoms with Crippen molar-refractivity contribution in [2.75, 3.05) is 27.9 Å². The molecule has 0 fully saturated rings. The first-order chi connectivity index (χ1) is 9.08. The van der Waals surface area contributed by atoms with Gasteiger partial charge < -0.3 is 19.7 Å². The number of urea groups is 1. The molecule has 19 heavy (non-hydrogen) atoms. The fourth-order valence-electron chi connectivity index (χ4n) is 1.77. The molecule has 0 spiro atoms. The first-order valence-corrected chi connectivity index (χ1v) is 6.21. The monoisotopic (exact) mass is 266 g/mol. The third-order valence-corrected chi connectivity index (χ3v) is 2.73. The molecule has 5 nitrogen and oxygen atoms in total. The van der Waals surface area contributed by atoms with Gasteiger partial charge in [0.2, 0.25) is 0 Å². The minimum Gasteiger partial charge on any atom is -0.496 e. The van der Waals surface area contributed by atoms with E-state index < -0.39 is 0 Å². The summed E-state index contributed by atoms with van der Waals surface area (Å²) in [5.41, 5.74) is 0.974. The van der Waals surface area contributed by atoms with Crippen LogP contribution in [0.3, 0.4) is 0 Å². The Bertz CT molecular complexity index is 409. The van der Waals surface area contributed by atoms with Gasteiger partial charge in [-0.1, -0.05) is 18.2 Å². The largest absolute Gasteiger partial charge is 0.496 e. The Balaban J connectivity index is 2.58. The van der Waals surface area contributed by atoms with E-state index in [1.54, 1.807) is 26.2 Å². The molecule has 0 aliphatic heterocycles. The standard InChI is InChI=1S/C14H22N2O3/c1-11(10-18-3)15-14(17)16(2)9-12-7-5-6-8-13(12)19-4/h5-8,11H,9-10H2,1-4H3,(H,15,17). The second-order valence-electron chi connectivity index (χ2n) is 4.47. The van der Waals surface area contributed by atoms with Crippen molar-refractivity contribution in [1.82, 2.24) is 10.2 Å². The smallest absolute Gasteiger partial charge is 0.317 e. The molecule has 1 aromatic rings. The third-order valence-electron chi connectivity index (χ3n) is 2.73. The molecule has 1 atom stereocenters. The summed E-state index contributed by atoms with van der Waals surface area (Å²) >= 11 is 0. The molecule has 0 heterocycles. The third kappa shape index (κ3) is 4.79. The molecule has 0 aliphatic carbocycles. The molecule has 2 amide bonds. The molecule has 0 radical (unpaired) electrons. The molecule has 106 valence electrons. The number of ether oxygens (including phenoxy) is 2. The van der Waals surface area contributed by atoms with Gasteiger partial charge >= 0.3 is 6.03 Å². The molecular formula is C14H22N2O3. The first-order valence-electron chi connectivity index (χ1n) is 6.21. The summed E-state index contributed by atoms with van der Waals surface area (Å²) < 4.78 is 10.3. The second kappa shape index (κ2) is 7.63. The van der Waals surface area contributed by atoms with E-state index in [-0.39, 0.29) is 12.1 Å². The van der Waals surface area contributed by atoms with Crippen LogP contribution in [0.2, 0.25) is 0 Å². The van der Waals surface area contributed by atoms with Crippen LogP contribution in [0.4, 0.5) is 4.79 Å². The molecule has 1 unspecified atom stereocenters. The zero-order valence-corrected chi connectivity index (χ0v) is 12.0. The number of hydrogen-bond acceptors (Lipinski definition) is 3. The average molecular weight is 266 g/mol. The Labute approximate surface area is 114 Å². The first kappa shape index (κ1) is 15.3. The molecule has 1 aromatic carbocycles. The number of benzene rings is 1. The van der Waals surface area contributed by atoms with Crippen molar-refractivity contribution in [1.29, 1.82) is 0 Å². The molecule has 0 aliphatic rings. The highest BCUT2D eigenvalue weighted by Gasteiger charge is 2.13. The molecule has 0 saturated heterocycles. The van der Waals surface area contributed by atoms with Gasteiger partial charge in [0, 0.05) is 19.7 Å². The maximum Gasteiger partial charge on any atom is 0.317 e. The van der Waals surface area contributed by atoms with Gasteiger partial charge in [-0.2, -0.15) is 0 Å². The summed E-state index contributed by atoms with van der Waals surface area (Å²) in [6, 6.07) is 7.52. The summed E-state index contributed by atoms with van der Waals surface area (Å²) in [6.07, 6.45) is 0. The lowest BCUT2D eigenvalue weighted by molar-refractivity contribution is 0.162. The highest BCUT2D eigenvalue weighted by Crippen LogP contribution is 2.18. The van der Waals surface area contributed by atoms with Gasteiger partial charge in [0.25, 0.3) is 0 Å². The van der Waals surface area contributed by atoms with Crippen molar-refractivity contribution < 1.29 is 14.3 Å². The number of carbonyl (C=O) groups is 1. The number of nitrogens with zero attached hydrogens (tertiary/aromatic N) is 1. The number of nitrogens with one attached hydrogen (secondary N) is 1. The highest BCUT2D eigenvalue weighted by atomic mass is 16.5. The molecule has 0 bridgehead atoms. The zero-order valence-electron chi connectivity index (χ0n) is 12.0. The van der Waals surface area contributed by atoms with Crippen LogP contribution in [0.5, 0.6) is 5.75 Å². The van der Waals surface area contributed by atoms with Crippen LogP contribution in [0.25, 0.3) is 0 Å². The SMILES string of the molecule is COCC(C)NC(=O)N(C)Cc1ccccc1OC. The number of hydrogen-bond donors (Lipinski definition) is 1. The van der Waals surface area contributed by atoms with Gasteiger partial charge in [0.15, 0.2) is 0 Å². The van der Waals surface area contributed by atoms with E-state index in [2.05, 4.69) is 5.32 Å². The van der Waals surface area contributed by atoms with Crippen molar-refractivity contribution in [3.63, 3.8) is 0 Å². The maximum atomic E-state index is 12.0. The Kier molecular flexibility index (Phi) is 6.15. The van der Waals surface area contributed by atoms with E-state index in [1.165, 1.54) is 0 Å². The van der Waals surface area contributed by atoms with E-state index in [0.29, 0.717) is 13.2 Å². The van der Waals surface area contributed by atoms with E-state index in [1.807, 2.05) is 31.2 Å². The lowest BCUT2D eigenvalue weighted by Gasteiger charge is -2.22. The van der Waals surface area contributed by atoms with Crippen molar-refractivity contribution in [3.05, 3.63) is 29.8 Å². The number of methoxy groups -OCH3 is 2. The summed E-state index contributed by atoms with van der Waals surface area (Å²) in [7, 11) is 4.99. The molecule has 1 rings (SSSR count). The number of rotatable bonds is 6. The van der Waals surface area contributed by atoms with Crippen LogP contribution in [0.15, 0.2) is 24.3 Å². The Morgan fingerprint density at radius 2 is 2.05 bits per heavy atom. The minimum absolute atomic E-state index is 0.0161. The van der Waals surface area contributed by atoms with Crippen molar-refractivity contribution in [3.8, 4) is 5.75 Å². The van der Waals surface area contributed by atoms with Crippen molar-refractivity contribution in [2.45, 2.75) is 19.5 Å². The minimum atomic E-state index is -0.129. The van der Waals surface area contributed by atoms with E-state index in [0.717, 1.165) is 11.3 Å². The highest BCUT2D eigenvalue weighted by molar-refractivity contribution is 5.74. The van der Waals surface area contributed by atoms with Crippen LogP contribution in [0.1, 0.15) is 12.5 Å². The lowest BCUT2D eigenvalue weighted by atomic mass is 10.2. The quantitative estimate of drug-likeness (QED) is 0.855. The summed E-state index contributed by atoms with van der Waals surface area (Å²) in [5.74, 6) is 0.784. The predicted octanol–water partition coefficient (Wildman–Crippen LogP) is 1.87. The van der Waals surface area contributed by atoms with Crippen LogP contribution in [0, 0.1) is 0 Å². The van der Waals surface area contributed by atoms with Crippen molar-refractivity contribution in [2.24, 2.45) is 0 Å². The lowest BCUT2D eigenvalue weighted by Crippen LogP contribution is -2.43. The fraction of sp³-hybridized carbons (Fsp3) is 0.500. The van der Waals surface area contributed by atoms with Crippen molar-refractivity contribution >= 4 is 6.03 Å². The van der Waals surface area contributed by atoms with Crippen LogP contribution in [-0.2, 0) is 11.3 Å². The zero-order chi connectivity index (χ0) is 14.3. The summed E-state index contributed by atoms with van der Waals surface area (Å²) in [6.45, 7) is 2.89. The molecule has 5 heteroatoms. The van der Waals surface area contributed by atoms with Gasteiger partial charge in [-0.15, -0.1) is 0 Å². The topological polar surface area (TPSA) is 50.8 Å². The average Bonchev–Trinajstić information content (AvgIpc) is 2.39. The predicted molar refractivity (Wildman–Crippen MR) is 74.3 cm³/mol. The number of carbonyl (C=O) groups excluding carboxylic acids is 1. The second-order valence-corrected chi connectivity index (χ2v) is 4.47. The van der Waals surface area contributed by atoms with Crippen LogP contribution < -0.4 is 10.1 Å². The maximum absolute atomic E-state index is 12.0. The fourth-order valence-corrected chi connectivity index (χ4v) is 1.77. The Morgan fingerprint density at radius 3 is 2.68 bits per heavy atom. The normalized spacial score (nSPS) is 11.8. The van der Waals surface area contributed by atoms with E-state index in [9.17, 15) is 4.79 Å². The van der Waals surface area contributed by atoms with Gasteiger partial charge in [0.1, 0.15) is 5.75 Å². The summed E-state index contributed by atoms with van der Waals surface area (Å²) in [5, 5.41) is 2.86.